The number of nitrogens with zero attached hydrogens (tertiary/aromatic N) is 2. The Labute approximate surface area is 105 Å². The number of piperidine rings is 1. The molecule has 0 saturated carbocycles. The Morgan fingerprint density at radius 3 is 2.50 bits per heavy atom. The third-order valence-electron chi connectivity index (χ3n) is 2.67. The lowest BCUT2D eigenvalue weighted by Gasteiger charge is -2.27. The van der Waals surface area contributed by atoms with E-state index in [1.54, 1.807) is 0 Å². The van der Waals surface area contributed by atoms with Crippen molar-refractivity contribution in [2.75, 3.05) is 32.8 Å². The van der Waals surface area contributed by atoms with Crippen LogP contribution >= 0.6 is 0 Å². The summed E-state index contributed by atoms with van der Waals surface area (Å²) in [6.07, 6.45) is -0.356. The normalized spacial score (nSPS) is 18.2. The van der Waals surface area contributed by atoms with Crippen LogP contribution in [0.3, 0.4) is 0 Å². The van der Waals surface area contributed by atoms with Crippen LogP contribution in [0.4, 0.5) is 13.2 Å². The quantitative estimate of drug-likeness (QED) is 0.469. The summed E-state index contributed by atoms with van der Waals surface area (Å²) < 4.78 is 39.7. The lowest BCUT2D eigenvalue weighted by atomic mass is 10.1. The minimum Gasteiger partial charge on any atom is -0.372 e. The Hall–Kier alpha value is -0.980. The highest BCUT2D eigenvalue weighted by Crippen LogP contribution is 2.14. The van der Waals surface area contributed by atoms with Gasteiger partial charge in [0, 0.05) is 26.2 Å². The minimum absolute atomic E-state index is 0.0519. The Balaban J connectivity index is 2.08. The number of ether oxygens (including phenoxy) is 1. The maximum absolute atomic E-state index is 11.8. The fraction of sp³-hybridized carbons (Fsp3) is 0.909. The summed E-state index contributed by atoms with van der Waals surface area (Å²) in [6, 6.07) is 0. The first kappa shape index (κ1) is 15.1. The van der Waals surface area contributed by atoms with Gasteiger partial charge < -0.3 is 15.4 Å². The van der Waals surface area contributed by atoms with Crippen LogP contribution in [0.1, 0.15) is 25.7 Å². The zero-order valence-electron chi connectivity index (χ0n) is 10.4. The molecule has 0 atom stereocenters. The van der Waals surface area contributed by atoms with Crippen molar-refractivity contribution in [2.24, 2.45) is 10.7 Å². The second-order valence-electron chi connectivity index (χ2n) is 4.31. The summed E-state index contributed by atoms with van der Waals surface area (Å²) in [5.74, 6) is 0.491. The maximum atomic E-state index is 11.8. The molecule has 0 radical (unpaired) electrons. The van der Waals surface area contributed by atoms with E-state index < -0.39 is 12.8 Å². The minimum atomic E-state index is -4.25. The summed E-state index contributed by atoms with van der Waals surface area (Å²) in [6.45, 7) is 1.09. The van der Waals surface area contributed by atoms with Crippen LogP contribution in [0.25, 0.3) is 0 Å². The van der Waals surface area contributed by atoms with Crippen LogP contribution in [0.2, 0.25) is 0 Å². The standard InChI is InChI=1S/C11H20F3N3O/c12-11(13,14)9-18-8-4-5-16-10(15)17-6-2-1-3-7-17/h1-9H2,(H2,15,16). The van der Waals surface area contributed by atoms with Crippen molar-refractivity contribution < 1.29 is 17.9 Å². The lowest BCUT2D eigenvalue weighted by molar-refractivity contribution is -0.173. The molecule has 106 valence electrons. The van der Waals surface area contributed by atoms with E-state index >= 15 is 0 Å². The number of hydrogen-bond donors (Lipinski definition) is 1. The topological polar surface area (TPSA) is 50.9 Å². The van der Waals surface area contributed by atoms with Gasteiger partial charge in [-0.15, -0.1) is 0 Å². The fourth-order valence-electron chi connectivity index (χ4n) is 1.77. The van der Waals surface area contributed by atoms with Crippen molar-refractivity contribution in [3.05, 3.63) is 0 Å². The van der Waals surface area contributed by atoms with Crippen molar-refractivity contribution in [3.63, 3.8) is 0 Å². The molecule has 1 fully saturated rings. The molecular weight excluding hydrogens is 247 g/mol. The number of guanidine groups is 1. The number of halogens is 3. The SMILES string of the molecule is NC(=NCCCOCC(F)(F)F)N1CCCCC1. The number of rotatable bonds is 5. The average molecular weight is 267 g/mol. The Morgan fingerprint density at radius 2 is 1.89 bits per heavy atom. The first-order valence-electron chi connectivity index (χ1n) is 6.18. The van der Waals surface area contributed by atoms with Gasteiger partial charge in [0.25, 0.3) is 0 Å². The van der Waals surface area contributed by atoms with Gasteiger partial charge in [-0.3, -0.25) is 4.99 Å². The van der Waals surface area contributed by atoms with Gasteiger partial charge in [-0.1, -0.05) is 0 Å². The predicted molar refractivity (Wildman–Crippen MR) is 63.4 cm³/mol. The van der Waals surface area contributed by atoms with E-state index in [0.717, 1.165) is 25.9 Å². The van der Waals surface area contributed by atoms with Gasteiger partial charge in [0.05, 0.1) is 0 Å². The van der Waals surface area contributed by atoms with E-state index in [9.17, 15) is 13.2 Å². The van der Waals surface area contributed by atoms with Crippen molar-refractivity contribution in [1.29, 1.82) is 0 Å². The molecule has 1 rings (SSSR count). The van der Waals surface area contributed by atoms with E-state index in [1.807, 2.05) is 4.90 Å². The second-order valence-corrected chi connectivity index (χ2v) is 4.31. The molecule has 0 aromatic carbocycles. The highest BCUT2D eigenvalue weighted by Gasteiger charge is 2.27. The molecule has 0 aromatic rings. The third-order valence-corrected chi connectivity index (χ3v) is 2.67. The van der Waals surface area contributed by atoms with Crippen LogP contribution < -0.4 is 5.73 Å². The van der Waals surface area contributed by atoms with Crippen LogP contribution in [0, 0.1) is 0 Å². The zero-order chi connectivity index (χ0) is 13.4. The highest BCUT2D eigenvalue weighted by molar-refractivity contribution is 5.78. The largest absolute Gasteiger partial charge is 0.411 e. The van der Waals surface area contributed by atoms with Crippen molar-refractivity contribution in [3.8, 4) is 0 Å². The van der Waals surface area contributed by atoms with E-state index in [2.05, 4.69) is 9.73 Å². The third kappa shape index (κ3) is 6.68. The van der Waals surface area contributed by atoms with Crippen LogP contribution in [-0.2, 0) is 4.74 Å². The Bertz CT molecular complexity index is 263. The molecule has 0 bridgehead atoms. The van der Waals surface area contributed by atoms with Crippen LogP contribution in [0.5, 0.6) is 0 Å². The van der Waals surface area contributed by atoms with Gasteiger partial charge >= 0.3 is 6.18 Å². The van der Waals surface area contributed by atoms with Gasteiger partial charge in [-0.05, 0) is 25.7 Å². The molecule has 18 heavy (non-hydrogen) atoms. The number of likely N-dealkylation sites (tertiary alicyclic amines) is 1. The van der Waals surface area contributed by atoms with Crippen LogP contribution in [-0.4, -0.2) is 49.9 Å². The van der Waals surface area contributed by atoms with E-state index in [0.29, 0.717) is 18.9 Å². The van der Waals surface area contributed by atoms with Crippen molar-refractivity contribution in [1.82, 2.24) is 4.90 Å². The van der Waals surface area contributed by atoms with Crippen molar-refractivity contribution in [2.45, 2.75) is 31.9 Å². The Kier molecular flexibility index (Phi) is 6.24. The molecule has 0 aromatic heterocycles. The van der Waals surface area contributed by atoms with Gasteiger partial charge in [-0.25, -0.2) is 0 Å². The number of aliphatic imine (C=N–C) groups is 1. The zero-order valence-corrected chi connectivity index (χ0v) is 10.4. The number of alkyl halides is 3. The van der Waals surface area contributed by atoms with Gasteiger partial charge in [0.1, 0.15) is 6.61 Å². The van der Waals surface area contributed by atoms with Gasteiger partial charge in [-0.2, -0.15) is 13.2 Å². The first-order valence-corrected chi connectivity index (χ1v) is 6.18. The molecule has 1 heterocycles. The summed E-state index contributed by atoms with van der Waals surface area (Å²) in [5, 5.41) is 0. The summed E-state index contributed by atoms with van der Waals surface area (Å²) in [5.41, 5.74) is 5.79. The van der Waals surface area contributed by atoms with E-state index in [4.69, 9.17) is 5.73 Å². The maximum Gasteiger partial charge on any atom is 0.411 e. The molecule has 0 unspecified atom stereocenters. The van der Waals surface area contributed by atoms with E-state index in [1.165, 1.54) is 6.42 Å². The second kappa shape index (κ2) is 7.45. The fourth-order valence-corrected chi connectivity index (χ4v) is 1.77. The summed E-state index contributed by atoms with van der Waals surface area (Å²) in [4.78, 5) is 6.15. The molecule has 0 spiro atoms. The number of nitrogens with two attached hydrogens (primary N) is 1. The summed E-state index contributed by atoms with van der Waals surface area (Å²) >= 11 is 0. The van der Waals surface area contributed by atoms with Gasteiger partial charge in [0.15, 0.2) is 5.96 Å². The smallest absolute Gasteiger partial charge is 0.372 e. The molecule has 1 saturated heterocycles. The van der Waals surface area contributed by atoms with Gasteiger partial charge in [0.2, 0.25) is 0 Å². The monoisotopic (exact) mass is 267 g/mol. The van der Waals surface area contributed by atoms with Crippen molar-refractivity contribution >= 4 is 5.96 Å². The molecule has 7 heteroatoms. The summed E-state index contributed by atoms with van der Waals surface area (Å²) in [7, 11) is 0. The molecule has 1 aliphatic rings. The number of hydrogen-bond acceptors (Lipinski definition) is 2. The molecule has 1 aliphatic heterocycles. The average Bonchev–Trinajstić information content (AvgIpc) is 2.33. The molecule has 0 amide bonds. The molecular formula is C11H20F3N3O. The molecule has 4 nitrogen and oxygen atoms in total. The highest BCUT2D eigenvalue weighted by atomic mass is 19.4. The molecule has 0 aliphatic carbocycles. The first-order chi connectivity index (χ1) is 8.49. The van der Waals surface area contributed by atoms with Crippen LogP contribution in [0.15, 0.2) is 4.99 Å². The van der Waals surface area contributed by atoms with E-state index in [-0.39, 0.29) is 6.61 Å². The predicted octanol–water partition coefficient (Wildman–Crippen LogP) is 1.76. The Morgan fingerprint density at radius 1 is 1.22 bits per heavy atom. The molecule has 2 N–H and O–H groups in total. The lowest BCUT2D eigenvalue weighted by Crippen LogP contribution is -2.40.